The summed E-state index contributed by atoms with van der Waals surface area (Å²) in [6.07, 6.45) is 3.60. The third-order valence-corrected chi connectivity index (χ3v) is 6.10. The molecular weight excluding hydrogens is 350 g/mol. The summed E-state index contributed by atoms with van der Waals surface area (Å²) in [7, 11) is 0. The van der Waals surface area contributed by atoms with Crippen molar-refractivity contribution in [2.24, 2.45) is 0 Å². The molecule has 2 aliphatic heterocycles. The number of benzene rings is 1. The van der Waals surface area contributed by atoms with Crippen LogP contribution in [0, 0.1) is 20.8 Å². The highest BCUT2D eigenvalue weighted by Gasteiger charge is 2.44. The number of aryl methyl sites for hydroxylation is 2. The third kappa shape index (κ3) is 2.84. The SMILES string of the molecule is Cc1cc(N2CCC3(CC2)CC(=O)c2c(cc(C)c(Cl)c2C)O3)ncn1. The van der Waals surface area contributed by atoms with E-state index in [0.717, 1.165) is 48.6 Å². The van der Waals surface area contributed by atoms with Crippen LogP contribution in [0.2, 0.25) is 5.02 Å². The average molecular weight is 372 g/mol. The Bertz CT molecular complexity index is 889. The van der Waals surface area contributed by atoms with Crippen LogP contribution in [0.4, 0.5) is 5.82 Å². The van der Waals surface area contributed by atoms with Crippen LogP contribution in [0.25, 0.3) is 0 Å². The Labute approximate surface area is 158 Å². The molecular formula is C20H22ClN3O2. The second-order valence-electron chi connectivity index (χ2n) is 7.40. The Morgan fingerprint density at radius 3 is 2.58 bits per heavy atom. The Balaban J connectivity index is 1.58. The first-order valence-electron chi connectivity index (χ1n) is 8.94. The van der Waals surface area contributed by atoms with Gasteiger partial charge in [0.2, 0.25) is 0 Å². The van der Waals surface area contributed by atoms with Gasteiger partial charge in [0.25, 0.3) is 0 Å². The predicted molar refractivity (Wildman–Crippen MR) is 101 cm³/mol. The predicted octanol–water partition coefficient (Wildman–Crippen LogP) is 4.06. The van der Waals surface area contributed by atoms with Crippen LogP contribution in [0.1, 0.15) is 46.4 Å². The van der Waals surface area contributed by atoms with E-state index in [1.165, 1.54) is 0 Å². The molecule has 3 heterocycles. The third-order valence-electron chi connectivity index (χ3n) is 5.52. The minimum Gasteiger partial charge on any atom is -0.486 e. The first-order chi connectivity index (χ1) is 12.4. The number of anilines is 1. The Hall–Kier alpha value is -2.14. The van der Waals surface area contributed by atoms with Crippen LogP contribution in [-0.2, 0) is 0 Å². The smallest absolute Gasteiger partial charge is 0.170 e. The number of aromatic nitrogens is 2. The van der Waals surface area contributed by atoms with Gasteiger partial charge in [0.05, 0.1) is 12.0 Å². The fourth-order valence-electron chi connectivity index (χ4n) is 4.04. The number of nitrogens with zero attached hydrogens (tertiary/aromatic N) is 3. The molecule has 0 saturated carbocycles. The van der Waals surface area contributed by atoms with E-state index in [2.05, 4.69) is 14.9 Å². The number of ether oxygens (including phenoxy) is 1. The van der Waals surface area contributed by atoms with Crippen molar-refractivity contribution >= 4 is 23.2 Å². The summed E-state index contributed by atoms with van der Waals surface area (Å²) in [5, 5.41) is 0.658. The van der Waals surface area contributed by atoms with E-state index in [9.17, 15) is 4.79 Å². The van der Waals surface area contributed by atoms with Gasteiger partial charge < -0.3 is 9.64 Å². The number of ketones is 1. The molecule has 1 fully saturated rings. The molecule has 0 amide bonds. The molecule has 0 bridgehead atoms. The number of carbonyl (C=O) groups excluding carboxylic acids is 1. The van der Waals surface area contributed by atoms with E-state index < -0.39 is 5.60 Å². The van der Waals surface area contributed by atoms with Crippen LogP contribution >= 0.6 is 11.6 Å². The van der Waals surface area contributed by atoms with Gasteiger partial charge in [-0.15, -0.1) is 0 Å². The second kappa shape index (κ2) is 6.23. The molecule has 1 aromatic heterocycles. The van der Waals surface area contributed by atoms with Gasteiger partial charge in [-0.05, 0) is 38.0 Å². The van der Waals surface area contributed by atoms with Crippen LogP contribution in [0.15, 0.2) is 18.5 Å². The highest BCUT2D eigenvalue weighted by molar-refractivity contribution is 6.32. The van der Waals surface area contributed by atoms with Crippen LogP contribution < -0.4 is 9.64 Å². The zero-order chi connectivity index (χ0) is 18.5. The zero-order valence-corrected chi connectivity index (χ0v) is 16.1. The van der Waals surface area contributed by atoms with Crippen molar-refractivity contribution in [1.82, 2.24) is 9.97 Å². The topological polar surface area (TPSA) is 55.3 Å². The molecule has 6 heteroatoms. The minimum atomic E-state index is -0.421. The lowest BCUT2D eigenvalue weighted by Crippen LogP contribution is -2.51. The number of hydrogen-bond acceptors (Lipinski definition) is 5. The lowest BCUT2D eigenvalue weighted by Gasteiger charge is -2.44. The molecule has 136 valence electrons. The highest BCUT2D eigenvalue weighted by atomic mass is 35.5. The van der Waals surface area contributed by atoms with Gasteiger partial charge in [-0.1, -0.05) is 11.6 Å². The number of fused-ring (bicyclic) bond motifs is 1. The first-order valence-corrected chi connectivity index (χ1v) is 9.32. The lowest BCUT2D eigenvalue weighted by atomic mass is 9.81. The highest BCUT2D eigenvalue weighted by Crippen LogP contribution is 2.43. The zero-order valence-electron chi connectivity index (χ0n) is 15.3. The van der Waals surface area contributed by atoms with E-state index >= 15 is 0 Å². The summed E-state index contributed by atoms with van der Waals surface area (Å²) in [5.41, 5.74) is 2.96. The van der Waals surface area contributed by atoms with Crippen molar-refractivity contribution in [2.75, 3.05) is 18.0 Å². The molecule has 0 aliphatic carbocycles. The minimum absolute atomic E-state index is 0.136. The number of rotatable bonds is 1. The van der Waals surface area contributed by atoms with Crippen molar-refractivity contribution in [1.29, 1.82) is 0 Å². The standard InChI is InChI=1S/C20H22ClN3O2/c1-12-8-16-18(14(3)19(12)21)15(25)10-20(26-16)4-6-24(7-5-20)17-9-13(2)22-11-23-17/h8-9,11H,4-7,10H2,1-3H3. The molecule has 0 N–H and O–H groups in total. The fraction of sp³-hybridized carbons (Fsp3) is 0.450. The van der Waals surface area contributed by atoms with E-state index in [1.807, 2.05) is 32.9 Å². The van der Waals surface area contributed by atoms with Gasteiger partial charge in [0, 0.05) is 42.7 Å². The molecule has 2 aliphatic rings. The molecule has 1 spiro atoms. The fourth-order valence-corrected chi connectivity index (χ4v) is 4.18. The summed E-state index contributed by atoms with van der Waals surface area (Å²) in [6.45, 7) is 7.43. The quantitative estimate of drug-likeness (QED) is 0.756. The monoisotopic (exact) mass is 371 g/mol. The van der Waals surface area contributed by atoms with Crippen molar-refractivity contribution in [3.05, 3.63) is 45.9 Å². The van der Waals surface area contributed by atoms with Crippen LogP contribution in [0.5, 0.6) is 5.75 Å². The molecule has 5 nitrogen and oxygen atoms in total. The number of hydrogen-bond donors (Lipinski definition) is 0. The van der Waals surface area contributed by atoms with Gasteiger partial charge in [0.1, 0.15) is 23.5 Å². The average Bonchev–Trinajstić information content (AvgIpc) is 2.60. The summed E-state index contributed by atoms with van der Waals surface area (Å²) in [5.74, 6) is 1.76. The van der Waals surface area contributed by atoms with E-state index in [1.54, 1.807) is 6.33 Å². The summed E-state index contributed by atoms with van der Waals surface area (Å²) < 4.78 is 6.42. The Morgan fingerprint density at radius 2 is 1.88 bits per heavy atom. The van der Waals surface area contributed by atoms with Crippen molar-refractivity contribution < 1.29 is 9.53 Å². The number of Topliss-reactive ketones (excluding diaryl/α,β-unsaturated/α-hetero) is 1. The number of halogens is 1. The van der Waals surface area contributed by atoms with E-state index in [-0.39, 0.29) is 5.78 Å². The maximum Gasteiger partial charge on any atom is 0.170 e. The number of piperidine rings is 1. The summed E-state index contributed by atoms with van der Waals surface area (Å²) >= 11 is 6.33. The van der Waals surface area contributed by atoms with Crippen LogP contribution in [-0.4, -0.2) is 34.4 Å². The van der Waals surface area contributed by atoms with Gasteiger partial charge in [-0.25, -0.2) is 9.97 Å². The van der Waals surface area contributed by atoms with Gasteiger partial charge in [-0.2, -0.15) is 0 Å². The maximum atomic E-state index is 12.9. The van der Waals surface area contributed by atoms with Gasteiger partial charge in [0.15, 0.2) is 5.78 Å². The number of carbonyl (C=O) groups is 1. The molecule has 2 aromatic rings. The summed E-state index contributed by atoms with van der Waals surface area (Å²) in [4.78, 5) is 23.6. The molecule has 0 atom stereocenters. The maximum absolute atomic E-state index is 12.9. The van der Waals surface area contributed by atoms with E-state index in [4.69, 9.17) is 16.3 Å². The molecule has 0 unspecified atom stereocenters. The molecule has 26 heavy (non-hydrogen) atoms. The second-order valence-corrected chi connectivity index (χ2v) is 7.77. The summed E-state index contributed by atoms with van der Waals surface area (Å²) in [6, 6.07) is 3.90. The molecule has 1 saturated heterocycles. The molecule has 0 radical (unpaired) electrons. The van der Waals surface area contributed by atoms with Crippen molar-refractivity contribution in [3.8, 4) is 5.75 Å². The van der Waals surface area contributed by atoms with Gasteiger partial charge >= 0.3 is 0 Å². The normalized spacial score (nSPS) is 18.6. The first kappa shape index (κ1) is 17.3. The van der Waals surface area contributed by atoms with Gasteiger partial charge in [-0.3, -0.25) is 4.79 Å². The van der Waals surface area contributed by atoms with E-state index in [0.29, 0.717) is 22.8 Å². The van der Waals surface area contributed by atoms with Crippen molar-refractivity contribution in [3.63, 3.8) is 0 Å². The largest absolute Gasteiger partial charge is 0.486 e. The van der Waals surface area contributed by atoms with Crippen LogP contribution in [0.3, 0.4) is 0 Å². The molecule has 4 rings (SSSR count). The Morgan fingerprint density at radius 1 is 1.15 bits per heavy atom. The van der Waals surface area contributed by atoms with Crippen molar-refractivity contribution in [2.45, 2.75) is 45.6 Å². The molecule has 1 aromatic carbocycles. The lowest BCUT2D eigenvalue weighted by molar-refractivity contribution is 0.0229. The Kier molecular flexibility index (Phi) is 4.14.